The van der Waals surface area contributed by atoms with Crippen molar-refractivity contribution in [1.82, 2.24) is 20.1 Å². The Morgan fingerprint density at radius 1 is 1.67 bits per heavy atom. The number of nitrogens with zero attached hydrogens (tertiary/aromatic N) is 4. The first-order valence-electron chi connectivity index (χ1n) is 5.11. The second-order valence-electron chi connectivity index (χ2n) is 3.46. The summed E-state index contributed by atoms with van der Waals surface area (Å²) in [7, 11) is 0. The van der Waals surface area contributed by atoms with Crippen LogP contribution in [0.2, 0.25) is 0 Å². The third-order valence-corrected chi connectivity index (χ3v) is 3.29. The molecule has 0 aromatic carbocycles. The largest absolute Gasteiger partial charge is 0.358 e. The zero-order chi connectivity index (χ0) is 10.7. The normalized spacial score (nSPS) is 20.4. The average molecular weight is 225 g/mol. The molecule has 1 aromatic heterocycles. The number of amidine groups is 1. The van der Waals surface area contributed by atoms with E-state index in [0.717, 1.165) is 24.1 Å². The zero-order valence-electron chi connectivity index (χ0n) is 8.97. The molecule has 2 rings (SSSR count). The minimum Gasteiger partial charge on any atom is -0.358 e. The maximum atomic E-state index is 4.38. The van der Waals surface area contributed by atoms with Crippen LogP contribution in [0.1, 0.15) is 19.7 Å². The Hall–Kier alpha value is -1.04. The van der Waals surface area contributed by atoms with Crippen LogP contribution in [-0.4, -0.2) is 31.7 Å². The number of aryl methyl sites for hydroxylation is 1. The maximum absolute atomic E-state index is 4.38. The summed E-state index contributed by atoms with van der Waals surface area (Å²) in [5.41, 5.74) is 0. The summed E-state index contributed by atoms with van der Waals surface area (Å²) in [6.45, 7) is 6.77. The molecule has 82 valence electrons. The fourth-order valence-electron chi connectivity index (χ4n) is 1.41. The van der Waals surface area contributed by atoms with Crippen LogP contribution >= 0.6 is 11.8 Å². The molecule has 1 unspecified atom stereocenters. The highest BCUT2D eigenvalue weighted by molar-refractivity contribution is 8.14. The highest BCUT2D eigenvalue weighted by atomic mass is 32.2. The quantitative estimate of drug-likeness (QED) is 0.829. The van der Waals surface area contributed by atoms with Crippen LogP contribution in [0.4, 0.5) is 0 Å². The number of rotatable bonds is 3. The predicted octanol–water partition coefficient (Wildman–Crippen LogP) is 0.879. The van der Waals surface area contributed by atoms with E-state index >= 15 is 0 Å². The van der Waals surface area contributed by atoms with E-state index in [1.807, 2.05) is 4.57 Å². The maximum Gasteiger partial charge on any atom is 0.157 e. The molecule has 1 atom stereocenters. The molecule has 0 saturated carbocycles. The minimum absolute atomic E-state index is 0.594. The molecule has 0 amide bonds. The van der Waals surface area contributed by atoms with Gasteiger partial charge in [-0.2, -0.15) is 0 Å². The molecule has 0 radical (unpaired) electrons. The third kappa shape index (κ3) is 2.50. The van der Waals surface area contributed by atoms with Crippen molar-refractivity contribution >= 4 is 16.9 Å². The van der Waals surface area contributed by atoms with Gasteiger partial charge in [0.15, 0.2) is 11.0 Å². The molecule has 0 bridgehead atoms. The molecule has 0 aliphatic carbocycles. The standard InChI is InChI=1S/C9H15N5S/c1-3-14-6-12-13-8(14)5-11-9-10-4-7(2)15-9/h6-7H,3-5H2,1-2H3,(H,10,11). The summed E-state index contributed by atoms with van der Waals surface area (Å²) in [4.78, 5) is 4.38. The van der Waals surface area contributed by atoms with Crippen molar-refractivity contribution in [2.45, 2.75) is 32.2 Å². The predicted molar refractivity (Wildman–Crippen MR) is 61.9 cm³/mol. The van der Waals surface area contributed by atoms with Crippen molar-refractivity contribution < 1.29 is 0 Å². The van der Waals surface area contributed by atoms with Crippen LogP contribution in [0.3, 0.4) is 0 Å². The van der Waals surface area contributed by atoms with Crippen molar-refractivity contribution in [3.8, 4) is 0 Å². The molecule has 1 aliphatic heterocycles. The molecular weight excluding hydrogens is 210 g/mol. The fraction of sp³-hybridized carbons (Fsp3) is 0.667. The van der Waals surface area contributed by atoms with E-state index in [0.29, 0.717) is 11.8 Å². The highest BCUT2D eigenvalue weighted by Crippen LogP contribution is 2.18. The van der Waals surface area contributed by atoms with Crippen LogP contribution in [-0.2, 0) is 13.1 Å². The van der Waals surface area contributed by atoms with E-state index in [9.17, 15) is 0 Å². The smallest absolute Gasteiger partial charge is 0.157 e. The van der Waals surface area contributed by atoms with Crippen LogP contribution < -0.4 is 5.32 Å². The van der Waals surface area contributed by atoms with Crippen molar-refractivity contribution in [1.29, 1.82) is 0 Å². The SMILES string of the molecule is CCn1cnnc1CNC1=NCC(C)S1. The second-order valence-corrected chi connectivity index (χ2v) is 4.89. The van der Waals surface area contributed by atoms with Gasteiger partial charge in [-0.05, 0) is 6.92 Å². The Balaban J connectivity index is 1.88. The van der Waals surface area contributed by atoms with Gasteiger partial charge in [-0.15, -0.1) is 10.2 Å². The Kier molecular flexibility index (Phi) is 3.25. The van der Waals surface area contributed by atoms with Crippen molar-refractivity contribution in [2.75, 3.05) is 6.54 Å². The van der Waals surface area contributed by atoms with E-state index < -0.39 is 0 Å². The third-order valence-electron chi connectivity index (χ3n) is 2.24. The van der Waals surface area contributed by atoms with Crippen molar-refractivity contribution in [2.24, 2.45) is 4.99 Å². The molecule has 6 heteroatoms. The molecule has 15 heavy (non-hydrogen) atoms. The van der Waals surface area contributed by atoms with Gasteiger partial charge in [-0.1, -0.05) is 18.7 Å². The van der Waals surface area contributed by atoms with Gasteiger partial charge in [0, 0.05) is 11.8 Å². The fourth-order valence-corrected chi connectivity index (χ4v) is 2.24. The van der Waals surface area contributed by atoms with Crippen molar-refractivity contribution in [3.05, 3.63) is 12.2 Å². The first-order valence-corrected chi connectivity index (χ1v) is 5.99. The van der Waals surface area contributed by atoms with Gasteiger partial charge in [-0.3, -0.25) is 4.99 Å². The summed E-state index contributed by atoms with van der Waals surface area (Å²) in [6.07, 6.45) is 1.75. The molecule has 2 heterocycles. The van der Waals surface area contributed by atoms with Gasteiger partial charge in [0.2, 0.25) is 0 Å². The lowest BCUT2D eigenvalue weighted by atomic mass is 10.5. The molecule has 0 spiro atoms. The van der Waals surface area contributed by atoms with E-state index in [-0.39, 0.29) is 0 Å². The number of hydrogen-bond acceptors (Lipinski definition) is 5. The van der Waals surface area contributed by atoms with Crippen molar-refractivity contribution in [3.63, 3.8) is 0 Å². The minimum atomic E-state index is 0.594. The van der Waals surface area contributed by atoms with Gasteiger partial charge >= 0.3 is 0 Å². The summed E-state index contributed by atoms with van der Waals surface area (Å²) in [5, 5.41) is 12.8. The summed E-state index contributed by atoms with van der Waals surface area (Å²) in [6, 6.07) is 0. The number of thioether (sulfide) groups is 1. The first-order chi connectivity index (χ1) is 7.29. The average Bonchev–Trinajstić information content (AvgIpc) is 2.83. The summed E-state index contributed by atoms with van der Waals surface area (Å²) in [5.74, 6) is 0.959. The molecule has 1 aliphatic rings. The van der Waals surface area contributed by atoms with Gasteiger partial charge in [-0.25, -0.2) is 0 Å². The summed E-state index contributed by atoms with van der Waals surface area (Å²) >= 11 is 1.78. The van der Waals surface area contributed by atoms with Gasteiger partial charge in [0.05, 0.1) is 13.1 Å². The van der Waals surface area contributed by atoms with Crippen LogP contribution in [0.5, 0.6) is 0 Å². The summed E-state index contributed by atoms with van der Waals surface area (Å²) < 4.78 is 2.02. The molecular formula is C9H15N5S. The van der Waals surface area contributed by atoms with Crippen LogP contribution in [0, 0.1) is 0 Å². The van der Waals surface area contributed by atoms with Gasteiger partial charge in [0.25, 0.3) is 0 Å². The van der Waals surface area contributed by atoms with E-state index in [2.05, 4.69) is 34.4 Å². The van der Waals surface area contributed by atoms with E-state index in [4.69, 9.17) is 0 Å². The molecule has 0 fully saturated rings. The molecule has 5 nitrogen and oxygen atoms in total. The van der Waals surface area contributed by atoms with Gasteiger partial charge < -0.3 is 9.88 Å². The lowest BCUT2D eigenvalue weighted by Crippen LogP contribution is -2.21. The first kappa shape index (κ1) is 10.5. The number of nitrogens with one attached hydrogen (secondary N) is 1. The Morgan fingerprint density at radius 2 is 2.53 bits per heavy atom. The second kappa shape index (κ2) is 4.65. The number of aromatic nitrogens is 3. The Bertz CT molecular complexity index is 359. The highest BCUT2D eigenvalue weighted by Gasteiger charge is 2.14. The lowest BCUT2D eigenvalue weighted by molar-refractivity contribution is 0.680. The van der Waals surface area contributed by atoms with Gasteiger partial charge in [0.1, 0.15) is 6.33 Å². The topological polar surface area (TPSA) is 55.1 Å². The zero-order valence-corrected chi connectivity index (χ0v) is 9.79. The van der Waals surface area contributed by atoms with Crippen LogP contribution in [0.15, 0.2) is 11.3 Å². The monoisotopic (exact) mass is 225 g/mol. The Labute approximate surface area is 93.4 Å². The lowest BCUT2D eigenvalue weighted by Gasteiger charge is -2.06. The molecule has 1 aromatic rings. The Morgan fingerprint density at radius 3 is 3.20 bits per heavy atom. The number of aliphatic imine (C=N–C) groups is 1. The van der Waals surface area contributed by atoms with E-state index in [1.165, 1.54) is 0 Å². The van der Waals surface area contributed by atoms with Crippen LogP contribution in [0.25, 0.3) is 0 Å². The number of hydrogen-bond donors (Lipinski definition) is 1. The van der Waals surface area contributed by atoms with E-state index in [1.54, 1.807) is 18.1 Å². The molecule has 1 N–H and O–H groups in total. The molecule has 0 saturated heterocycles.